The summed E-state index contributed by atoms with van der Waals surface area (Å²) in [6.07, 6.45) is 0.0820. The van der Waals surface area contributed by atoms with Gasteiger partial charge >= 0.3 is 0 Å². The van der Waals surface area contributed by atoms with E-state index < -0.39 is 0 Å². The van der Waals surface area contributed by atoms with Gasteiger partial charge in [0.05, 0.1) is 32.5 Å². The Morgan fingerprint density at radius 1 is 1.11 bits per heavy atom. The topological polar surface area (TPSA) is 39.7 Å². The fraction of sp³-hybridized carbons (Fsp3) is 0.571. The van der Waals surface area contributed by atoms with Gasteiger partial charge in [0.2, 0.25) is 0 Å². The minimum atomic E-state index is 0.0820. The molecule has 0 spiro atoms. The second-order valence-corrected chi connectivity index (χ2v) is 4.11. The van der Waals surface area contributed by atoms with Gasteiger partial charge in [-0.2, -0.15) is 0 Å². The van der Waals surface area contributed by atoms with E-state index in [0.29, 0.717) is 13.2 Å². The fourth-order valence-corrected chi connectivity index (χ4v) is 1.90. The molecule has 0 fully saturated rings. The molecule has 4 heteroatoms. The van der Waals surface area contributed by atoms with Gasteiger partial charge < -0.3 is 19.5 Å². The number of nitrogens with one attached hydrogen (secondary N) is 1. The fourth-order valence-electron chi connectivity index (χ4n) is 1.90. The number of rotatable bonds is 8. The van der Waals surface area contributed by atoms with Gasteiger partial charge in [0.25, 0.3) is 0 Å². The van der Waals surface area contributed by atoms with Crippen molar-refractivity contribution in [3.63, 3.8) is 0 Å². The smallest absolute Gasteiger partial charge is 0.118 e. The zero-order valence-electron chi connectivity index (χ0n) is 11.6. The molecule has 1 aromatic carbocycles. The van der Waals surface area contributed by atoms with E-state index in [2.05, 4.69) is 24.4 Å². The van der Waals surface area contributed by atoms with Crippen LogP contribution in [0.5, 0.6) is 5.75 Å². The SMILES string of the molecule is CNC(c1ccc(OC)cc1)C(C)OCCOC. The van der Waals surface area contributed by atoms with Crippen molar-refractivity contribution in [2.45, 2.75) is 19.1 Å². The van der Waals surface area contributed by atoms with E-state index in [0.717, 1.165) is 5.75 Å². The Morgan fingerprint density at radius 2 is 1.78 bits per heavy atom. The van der Waals surface area contributed by atoms with E-state index in [1.165, 1.54) is 5.56 Å². The summed E-state index contributed by atoms with van der Waals surface area (Å²) in [5, 5.41) is 3.28. The van der Waals surface area contributed by atoms with Gasteiger partial charge in [-0.3, -0.25) is 0 Å². The first-order valence-corrected chi connectivity index (χ1v) is 6.14. The van der Waals surface area contributed by atoms with Gasteiger partial charge in [0.15, 0.2) is 0 Å². The highest BCUT2D eigenvalue weighted by molar-refractivity contribution is 5.29. The van der Waals surface area contributed by atoms with Crippen LogP contribution >= 0.6 is 0 Å². The summed E-state index contributed by atoms with van der Waals surface area (Å²) in [6.45, 7) is 3.27. The number of ether oxygens (including phenoxy) is 3. The lowest BCUT2D eigenvalue weighted by Gasteiger charge is -2.24. The van der Waals surface area contributed by atoms with E-state index in [4.69, 9.17) is 14.2 Å². The standard InChI is InChI=1S/C14H23NO3/c1-11(18-10-9-16-3)14(15-2)12-5-7-13(17-4)8-6-12/h5-8,11,14-15H,9-10H2,1-4H3. The first kappa shape index (κ1) is 15.0. The number of methoxy groups -OCH3 is 2. The van der Waals surface area contributed by atoms with Gasteiger partial charge in [-0.15, -0.1) is 0 Å². The predicted molar refractivity (Wildman–Crippen MR) is 72.1 cm³/mol. The molecule has 0 amide bonds. The van der Waals surface area contributed by atoms with Crippen LogP contribution in [0.3, 0.4) is 0 Å². The minimum Gasteiger partial charge on any atom is -0.497 e. The van der Waals surface area contributed by atoms with Gasteiger partial charge in [-0.25, -0.2) is 0 Å². The van der Waals surface area contributed by atoms with Crippen molar-refractivity contribution in [3.05, 3.63) is 29.8 Å². The molecule has 1 rings (SSSR count). The van der Waals surface area contributed by atoms with Crippen molar-refractivity contribution in [2.24, 2.45) is 0 Å². The van der Waals surface area contributed by atoms with Crippen LogP contribution in [-0.2, 0) is 9.47 Å². The molecule has 0 heterocycles. The summed E-state index contributed by atoms with van der Waals surface area (Å²) in [7, 11) is 5.28. The van der Waals surface area contributed by atoms with Crippen LogP contribution in [0.1, 0.15) is 18.5 Å². The second kappa shape index (κ2) is 8.08. The van der Waals surface area contributed by atoms with Gasteiger partial charge in [-0.1, -0.05) is 12.1 Å². The minimum absolute atomic E-state index is 0.0820. The first-order valence-electron chi connectivity index (χ1n) is 6.14. The van der Waals surface area contributed by atoms with Gasteiger partial charge in [0, 0.05) is 7.11 Å². The Morgan fingerprint density at radius 3 is 2.28 bits per heavy atom. The van der Waals surface area contributed by atoms with Crippen molar-refractivity contribution in [1.29, 1.82) is 0 Å². The number of hydrogen-bond donors (Lipinski definition) is 1. The average Bonchev–Trinajstić information content (AvgIpc) is 2.41. The van der Waals surface area contributed by atoms with Crippen molar-refractivity contribution < 1.29 is 14.2 Å². The van der Waals surface area contributed by atoms with Crippen molar-refractivity contribution in [3.8, 4) is 5.75 Å². The Kier molecular flexibility index (Phi) is 6.72. The number of likely N-dealkylation sites (N-methyl/N-ethyl adjacent to an activating group) is 1. The maximum absolute atomic E-state index is 5.73. The predicted octanol–water partition coefficient (Wildman–Crippen LogP) is 2.01. The Hall–Kier alpha value is -1.10. The zero-order chi connectivity index (χ0) is 13.4. The van der Waals surface area contributed by atoms with E-state index in [1.807, 2.05) is 19.2 Å². The summed E-state index contributed by atoms with van der Waals surface area (Å²) in [6, 6.07) is 8.18. The molecule has 0 saturated heterocycles. The van der Waals surface area contributed by atoms with Crippen molar-refractivity contribution >= 4 is 0 Å². The monoisotopic (exact) mass is 253 g/mol. The molecule has 102 valence electrons. The summed E-state index contributed by atoms with van der Waals surface area (Å²) >= 11 is 0. The second-order valence-electron chi connectivity index (χ2n) is 4.11. The maximum atomic E-state index is 5.73. The molecule has 0 radical (unpaired) electrons. The quantitative estimate of drug-likeness (QED) is 0.719. The Balaban J connectivity index is 2.62. The highest BCUT2D eigenvalue weighted by Crippen LogP contribution is 2.21. The molecule has 2 unspecified atom stereocenters. The van der Waals surface area contributed by atoms with Crippen LogP contribution in [0.15, 0.2) is 24.3 Å². The highest BCUT2D eigenvalue weighted by atomic mass is 16.5. The molecule has 0 bridgehead atoms. The van der Waals surface area contributed by atoms with Crippen molar-refractivity contribution in [2.75, 3.05) is 34.5 Å². The van der Waals surface area contributed by atoms with Crippen LogP contribution in [0.25, 0.3) is 0 Å². The largest absolute Gasteiger partial charge is 0.497 e. The number of hydrogen-bond acceptors (Lipinski definition) is 4. The summed E-state index contributed by atoms with van der Waals surface area (Å²) < 4.78 is 15.9. The third-order valence-corrected chi connectivity index (χ3v) is 2.92. The lowest BCUT2D eigenvalue weighted by Crippen LogP contribution is -2.30. The van der Waals surface area contributed by atoms with E-state index in [9.17, 15) is 0 Å². The lowest BCUT2D eigenvalue weighted by atomic mass is 10.0. The summed E-state index contributed by atoms with van der Waals surface area (Å²) in [4.78, 5) is 0. The zero-order valence-corrected chi connectivity index (χ0v) is 11.6. The molecular formula is C14H23NO3. The average molecular weight is 253 g/mol. The molecule has 4 nitrogen and oxygen atoms in total. The van der Waals surface area contributed by atoms with Crippen LogP contribution in [0.2, 0.25) is 0 Å². The molecule has 0 aliphatic heterocycles. The normalized spacial score (nSPS) is 14.2. The molecule has 18 heavy (non-hydrogen) atoms. The van der Waals surface area contributed by atoms with Crippen LogP contribution < -0.4 is 10.1 Å². The maximum Gasteiger partial charge on any atom is 0.118 e. The highest BCUT2D eigenvalue weighted by Gasteiger charge is 2.17. The molecule has 0 aliphatic rings. The lowest BCUT2D eigenvalue weighted by molar-refractivity contribution is 0.00858. The molecule has 1 aromatic rings. The molecule has 2 atom stereocenters. The van der Waals surface area contributed by atoms with Crippen molar-refractivity contribution in [1.82, 2.24) is 5.32 Å². The molecule has 0 aliphatic carbocycles. The van der Waals surface area contributed by atoms with Crippen LogP contribution in [0, 0.1) is 0 Å². The summed E-state index contributed by atoms with van der Waals surface area (Å²) in [5.74, 6) is 0.863. The molecule has 1 N–H and O–H groups in total. The third kappa shape index (κ3) is 4.29. The van der Waals surface area contributed by atoms with E-state index in [1.54, 1.807) is 14.2 Å². The number of benzene rings is 1. The molecule has 0 saturated carbocycles. The van der Waals surface area contributed by atoms with E-state index >= 15 is 0 Å². The Bertz CT molecular complexity index is 326. The van der Waals surface area contributed by atoms with Crippen LogP contribution in [-0.4, -0.2) is 40.6 Å². The molecule has 0 aromatic heterocycles. The summed E-state index contributed by atoms with van der Waals surface area (Å²) in [5.41, 5.74) is 1.18. The Labute approximate surface area is 109 Å². The third-order valence-electron chi connectivity index (χ3n) is 2.92. The molecular weight excluding hydrogens is 230 g/mol. The van der Waals surface area contributed by atoms with Gasteiger partial charge in [0.1, 0.15) is 5.75 Å². The van der Waals surface area contributed by atoms with E-state index in [-0.39, 0.29) is 12.1 Å². The van der Waals surface area contributed by atoms with Gasteiger partial charge in [-0.05, 0) is 31.7 Å². The first-order chi connectivity index (χ1) is 8.72. The van der Waals surface area contributed by atoms with Crippen LogP contribution in [0.4, 0.5) is 0 Å².